The first-order valence-electron chi connectivity index (χ1n) is 6.88. The number of nitrogens with one attached hydrogen (secondary N) is 2. The van der Waals surface area contributed by atoms with Crippen LogP contribution in [-0.4, -0.2) is 48.3 Å². The maximum atomic E-state index is 12.5. The Hall–Kier alpha value is -1.43. The van der Waals surface area contributed by atoms with Crippen molar-refractivity contribution < 1.29 is 14.4 Å². The van der Waals surface area contributed by atoms with Crippen LogP contribution in [0.3, 0.4) is 0 Å². The van der Waals surface area contributed by atoms with Gasteiger partial charge in [0.1, 0.15) is 12.6 Å². The molecule has 19 heavy (non-hydrogen) atoms. The van der Waals surface area contributed by atoms with Crippen LogP contribution >= 0.6 is 0 Å². The summed E-state index contributed by atoms with van der Waals surface area (Å²) in [6.07, 6.45) is 2.95. The molecule has 1 aliphatic carbocycles. The van der Waals surface area contributed by atoms with Crippen molar-refractivity contribution in [2.24, 2.45) is 11.3 Å². The fraction of sp³-hybridized carbons (Fsp3) is 0.769. The Morgan fingerprint density at radius 2 is 2.00 bits per heavy atom. The van der Waals surface area contributed by atoms with Crippen molar-refractivity contribution in [1.29, 1.82) is 0 Å². The zero-order valence-electron chi connectivity index (χ0n) is 11.1. The van der Waals surface area contributed by atoms with Crippen LogP contribution in [0.5, 0.6) is 0 Å². The van der Waals surface area contributed by atoms with E-state index < -0.39 is 6.04 Å². The normalized spacial score (nSPS) is 33.2. The maximum absolute atomic E-state index is 12.5. The van der Waals surface area contributed by atoms with Gasteiger partial charge in [0.15, 0.2) is 0 Å². The van der Waals surface area contributed by atoms with Crippen LogP contribution in [0.1, 0.15) is 26.2 Å². The van der Waals surface area contributed by atoms with Crippen LogP contribution < -0.4 is 10.6 Å². The first-order valence-corrected chi connectivity index (χ1v) is 6.88. The Morgan fingerprint density at radius 3 is 2.68 bits per heavy atom. The minimum absolute atomic E-state index is 0.00995. The Balaban J connectivity index is 1.70. The van der Waals surface area contributed by atoms with E-state index in [1.54, 1.807) is 6.92 Å². The number of hydrogen-bond acceptors (Lipinski definition) is 4. The summed E-state index contributed by atoms with van der Waals surface area (Å²) in [5.74, 6) is -0.755. The number of hydrogen-bond donors (Lipinski definition) is 2. The monoisotopic (exact) mass is 265 g/mol. The molecule has 2 atom stereocenters. The molecule has 1 spiro atoms. The van der Waals surface area contributed by atoms with Gasteiger partial charge < -0.3 is 10.2 Å². The van der Waals surface area contributed by atoms with Crippen molar-refractivity contribution in [3.8, 4) is 0 Å². The number of rotatable bonds is 1. The van der Waals surface area contributed by atoms with E-state index in [2.05, 4.69) is 10.6 Å². The largest absolute Gasteiger partial charge is 0.321 e. The lowest BCUT2D eigenvalue weighted by Crippen LogP contribution is -2.59. The van der Waals surface area contributed by atoms with Crippen molar-refractivity contribution in [2.75, 3.05) is 19.6 Å². The van der Waals surface area contributed by atoms with E-state index in [1.807, 2.05) is 0 Å². The highest BCUT2D eigenvalue weighted by atomic mass is 16.2. The quantitative estimate of drug-likeness (QED) is 0.611. The lowest BCUT2D eigenvalue weighted by Gasteiger charge is -2.33. The van der Waals surface area contributed by atoms with Gasteiger partial charge in [0.25, 0.3) is 0 Å². The molecule has 2 unspecified atom stereocenters. The summed E-state index contributed by atoms with van der Waals surface area (Å²) in [5.41, 5.74) is 0.138. The molecule has 2 heterocycles. The third-order valence-electron chi connectivity index (χ3n) is 4.79. The second kappa shape index (κ2) is 4.30. The van der Waals surface area contributed by atoms with Crippen molar-refractivity contribution in [3.05, 3.63) is 0 Å². The third kappa shape index (κ3) is 2.04. The van der Waals surface area contributed by atoms with Gasteiger partial charge in [-0.1, -0.05) is 0 Å². The average Bonchev–Trinajstić information content (AvgIpc) is 3.07. The van der Waals surface area contributed by atoms with Gasteiger partial charge in [-0.2, -0.15) is 0 Å². The van der Waals surface area contributed by atoms with Gasteiger partial charge in [0.05, 0.1) is 0 Å². The SMILES string of the molecule is CC1C(=O)NC(=O)CN1C(=O)C1CC12CCNCC2. The molecule has 104 valence electrons. The summed E-state index contributed by atoms with van der Waals surface area (Å²) in [6.45, 7) is 3.60. The number of imide groups is 1. The lowest BCUT2D eigenvalue weighted by atomic mass is 9.91. The first kappa shape index (κ1) is 12.6. The molecular weight excluding hydrogens is 246 g/mol. The zero-order valence-corrected chi connectivity index (χ0v) is 11.1. The molecule has 3 rings (SSSR count). The minimum atomic E-state index is -0.537. The first-order chi connectivity index (χ1) is 9.03. The number of piperazine rings is 1. The molecule has 0 aromatic carbocycles. The van der Waals surface area contributed by atoms with Gasteiger partial charge in [0.2, 0.25) is 17.7 Å². The van der Waals surface area contributed by atoms with Gasteiger partial charge >= 0.3 is 0 Å². The van der Waals surface area contributed by atoms with Crippen LogP contribution in [0.4, 0.5) is 0 Å². The van der Waals surface area contributed by atoms with Crippen LogP contribution in [0.25, 0.3) is 0 Å². The highest BCUT2D eigenvalue weighted by Gasteiger charge is 2.59. The molecule has 1 saturated carbocycles. The summed E-state index contributed by atoms with van der Waals surface area (Å²) in [5, 5.41) is 5.56. The summed E-state index contributed by atoms with van der Waals surface area (Å²) in [4.78, 5) is 37.0. The predicted molar refractivity (Wildman–Crippen MR) is 67.0 cm³/mol. The molecule has 0 bridgehead atoms. The van der Waals surface area contributed by atoms with Crippen LogP contribution in [-0.2, 0) is 14.4 Å². The second-order valence-electron chi connectivity index (χ2n) is 5.92. The van der Waals surface area contributed by atoms with Gasteiger partial charge in [0, 0.05) is 5.92 Å². The van der Waals surface area contributed by atoms with Crippen LogP contribution in [0, 0.1) is 11.3 Å². The van der Waals surface area contributed by atoms with Crippen molar-refractivity contribution in [1.82, 2.24) is 15.5 Å². The highest BCUT2D eigenvalue weighted by molar-refractivity contribution is 6.04. The molecule has 3 amide bonds. The molecule has 3 aliphatic rings. The molecule has 0 aromatic heterocycles. The van der Waals surface area contributed by atoms with E-state index in [0.29, 0.717) is 0 Å². The van der Waals surface area contributed by atoms with E-state index in [-0.39, 0.29) is 35.6 Å². The molecule has 2 N–H and O–H groups in total. The van der Waals surface area contributed by atoms with Gasteiger partial charge in [-0.05, 0) is 44.7 Å². The molecule has 6 nitrogen and oxygen atoms in total. The molecule has 6 heteroatoms. The number of amides is 3. The fourth-order valence-electron chi connectivity index (χ4n) is 3.36. The Labute approximate surface area is 111 Å². The molecule has 0 aromatic rings. The molecule has 2 aliphatic heterocycles. The molecule has 2 saturated heterocycles. The highest BCUT2D eigenvalue weighted by Crippen LogP contribution is 2.59. The number of nitrogens with zero attached hydrogens (tertiary/aromatic N) is 1. The van der Waals surface area contributed by atoms with Gasteiger partial charge in [-0.3, -0.25) is 19.7 Å². The Kier molecular flexibility index (Phi) is 2.85. The molecule has 0 radical (unpaired) electrons. The number of piperidine rings is 1. The number of carbonyl (C=O) groups is 3. The van der Waals surface area contributed by atoms with Crippen LogP contribution in [0.15, 0.2) is 0 Å². The topological polar surface area (TPSA) is 78.5 Å². The fourth-order valence-corrected chi connectivity index (χ4v) is 3.36. The molecule has 3 fully saturated rings. The van der Waals surface area contributed by atoms with Gasteiger partial charge in [-0.15, -0.1) is 0 Å². The smallest absolute Gasteiger partial charge is 0.249 e. The summed E-state index contributed by atoms with van der Waals surface area (Å²) >= 11 is 0. The summed E-state index contributed by atoms with van der Waals surface area (Å²) < 4.78 is 0. The van der Waals surface area contributed by atoms with Crippen molar-refractivity contribution in [2.45, 2.75) is 32.2 Å². The molecular formula is C13H19N3O3. The van der Waals surface area contributed by atoms with E-state index in [1.165, 1.54) is 4.90 Å². The second-order valence-corrected chi connectivity index (χ2v) is 5.92. The van der Waals surface area contributed by atoms with Crippen molar-refractivity contribution >= 4 is 17.7 Å². The van der Waals surface area contributed by atoms with E-state index in [4.69, 9.17) is 0 Å². The van der Waals surface area contributed by atoms with Crippen LogP contribution in [0.2, 0.25) is 0 Å². The zero-order chi connectivity index (χ0) is 13.6. The van der Waals surface area contributed by atoms with E-state index in [9.17, 15) is 14.4 Å². The predicted octanol–water partition coefficient (Wildman–Crippen LogP) is -0.750. The maximum Gasteiger partial charge on any atom is 0.249 e. The minimum Gasteiger partial charge on any atom is -0.321 e. The summed E-state index contributed by atoms with van der Waals surface area (Å²) in [6, 6.07) is -0.537. The van der Waals surface area contributed by atoms with E-state index in [0.717, 1.165) is 32.4 Å². The third-order valence-corrected chi connectivity index (χ3v) is 4.79. The van der Waals surface area contributed by atoms with Gasteiger partial charge in [-0.25, -0.2) is 0 Å². The lowest BCUT2D eigenvalue weighted by molar-refractivity contribution is -0.150. The van der Waals surface area contributed by atoms with E-state index >= 15 is 0 Å². The average molecular weight is 265 g/mol. The summed E-state index contributed by atoms with van der Waals surface area (Å²) in [7, 11) is 0. The standard InChI is InChI=1S/C13H19N3O3/c1-8-11(18)15-10(17)7-16(8)12(19)9-6-13(9)2-4-14-5-3-13/h8-9,14H,2-7H2,1H3,(H,15,17,18). The Morgan fingerprint density at radius 1 is 1.32 bits per heavy atom. The number of carbonyl (C=O) groups excluding carboxylic acids is 3. The van der Waals surface area contributed by atoms with Crippen molar-refractivity contribution in [3.63, 3.8) is 0 Å². The Bertz CT molecular complexity index is 442.